The molecule has 2 aliphatic heterocycles. The largest absolute Gasteiger partial charge is 0.399 e. The Hall–Kier alpha value is -4.26. The van der Waals surface area contributed by atoms with E-state index in [9.17, 15) is 9.59 Å². The van der Waals surface area contributed by atoms with E-state index in [0.29, 0.717) is 41.1 Å². The number of amides is 1. The number of fused-ring (bicyclic) bond motifs is 1. The Balaban J connectivity index is 1.67. The van der Waals surface area contributed by atoms with E-state index in [1.54, 1.807) is 11.8 Å². The first-order valence-electron chi connectivity index (χ1n) is 11.7. The molecular weight excluding hydrogens is 438 g/mol. The van der Waals surface area contributed by atoms with Crippen LogP contribution in [0.5, 0.6) is 0 Å². The minimum atomic E-state index is -1.07. The van der Waals surface area contributed by atoms with Gasteiger partial charge in [0.1, 0.15) is 5.82 Å². The first-order chi connectivity index (χ1) is 16.8. The summed E-state index contributed by atoms with van der Waals surface area (Å²) in [5, 5.41) is 0.491. The third-order valence-electron chi connectivity index (χ3n) is 6.89. The predicted molar refractivity (Wildman–Crippen MR) is 138 cm³/mol. The number of benzene rings is 3. The average Bonchev–Trinajstić information content (AvgIpc) is 3.20. The highest BCUT2D eigenvalue weighted by Gasteiger charge is 2.38. The second kappa shape index (κ2) is 7.63. The molecule has 3 aromatic carbocycles. The fourth-order valence-corrected chi connectivity index (χ4v) is 5.41. The molecule has 6 rings (SSSR count). The van der Waals surface area contributed by atoms with Crippen LogP contribution in [0.4, 0.5) is 11.4 Å². The van der Waals surface area contributed by atoms with Gasteiger partial charge in [0.2, 0.25) is 6.17 Å². The molecule has 7 heteroatoms. The zero-order chi connectivity index (χ0) is 24.4. The van der Waals surface area contributed by atoms with Crippen molar-refractivity contribution in [3.63, 3.8) is 0 Å². The van der Waals surface area contributed by atoms with Crippen molar-refractivity contribution in [3.05, 3.63) is 98.6 Å². The minimum absolute atomic E-state index is 0.239. The molecule has 0 saturated carbocycles. The maximum Gasteiger partial charge on any atom is 0.272 e. The predicted octanol–water partition coefficient (Wildman–Crippen LogP) is 3.84. The van der Waals surface area contributed by atoms with Gasteiger partial charge >= 0.3 is 0 Å². The van der Waals surface area contributed by atoms with Crippen LogP contribution >= 0.6 is 0 Å². The highest BCUT2D eigenvalue weighted by atomic mass is 16.2. The average molecular weight is 464 g/mol. The summed E-state index contributed by atoms with van der Waals surface area (Å²) in [5.74, 6) is 0.213. The van der Waals surface area contributed by atoms with Crippen molar-refractivity contribution in [1.82, 2.24) is 9.55 Å². The topological polar surface area (TPSA) is 93.6 Å². The van der Waals surface area contributed by atoms with E-state index in [1.807, 2.05) is 68.4 Å². The number of anilines is 2. The number of nitrogen functional groups attached to an aromatic ring is 1. The monoisotopic (exact) mass is 463 g/mol. The highest BCUT2D eigenvalue weighted by Crippen LogP contribution is 2.39. The number of aryl methyl sites for hydroxylation is 3. The first kappa shape index (κ1) is 21.3. The van der Waals surface area contributed by atoms with Crippen LogP contribution in [-0.2, 0) is 11.2 Å². The molecular formula is C28H25N5O2. The minimum Gasteiger partial charge on any atom is -0.399 e. The molecule has 174 valence electrons. The van der Waals surface area contributed by atoms with Crippen LogP contribution in [-0.4, -0.2) is 27.7 Å². The normalized spacial score (nSPS) is 16.9. The van der Waals surface area contributed by atoms with Gasteiger partial charge < -0.3 is 10.6 Å². The van der Waals surface area contributed by atoms with E-state index in [-0.39, 0.29) is 11.5 Å². The second-order valence-electron chi connectivity index (χ2n) is 9.35. The lowest BCUT2D eigenvalue weighted by Gasteiger charge is -2.23. The van der Waals surface area contributed by atoms with Gasteiger partial charge in [-0.3, -0.25) is 14.2 Å². The summed E-state index contributed by atoms with van der Waals surface area (Å²) in [7, 11) is 0. The van der Waals surface area contributed by atoms with Crippen molar-refractivity contribution in [1.29, 1.82) is 0 Å². The Morgan fingerprint density at radius 2 is 1.77 bits per heavy atom. The Labute approximate surface area is 202 Å². The van der Waals surface area contributed by atoms with Crippen molar-refractivity contribution in [3.8, 4) is 0 Å². The number of rotatable bonds is 2. The van der Waals surface area contributed by atoms with E-state index in [1.165, 1.54) is 4.57 Å². The summed E-state index contributed by atoms with van der Waals surface area (Å²) in [6, 6.07) is 17.4. The Morgan fingerprint density at radius 1 is 1.00 bits per heavy atom. The Bertz CT molecular complexity index is 1640. The van der Waals surface area contributed by atoms with Gasteiger partial charge in [0.25, 0.3) is 11.5 Å². The molecule has 0 aliphatic carbocycles. The molecule has 2 aliphatic rings. The number of aliphatic imine (C=N–C) groups is 1. The lowest BCUT2D eigenvalue weighted by molar-refractivity contribution is -0.121. The van der Waals surface area contributed by atoms with Crippen LogP contribution in [0.2, 0.25) is 0 Å². The van der Waals surface area contributed by atoms with Crippen molar-refractivity contribution in [2.75, 3.05) is 17.2 Å². The van der Waals surface area contributed by atoms with Crippen LogP contribution in [0.25, 0.3) is 10.9 Å². The lowest BCUT2D eigenvalue weighted by atomic mass is 9.97. The molecule has 0 bridgehead atoms. The van der Waals surface area contributed by atoms with Gasteiger partial charge in [-0.1, -0.05) is 36.4 Å². The highest BCUT2D eigenvalue weighted by molar-refractivity contribution is 6.21. The van der Waals surface area contributed by atoms with Crippen LogP contribution in [0, 0.1) is 20.8 Å². The van der Waals surface area contributed by atoms with Crippen LogP contribution < -0.4 is 16.2 Å². The first-order valence-corrected chi connectivity index (χ1v) is 11.7. The van der Waals surface area contributed by atoms with Crippen molar-refractivity contribution >= 4 is 33.9 Å². The molecule has 1 atom stereocenters. The zero-order valence-corrected chi connectivity index (χ0v) is 19.9. The van der Waals surface area contributed by atoms with Gasteiger partial charge in [-0.15, -0.1) is 0 Å². The van der Waals surface area contributed by atoms with Crippen molar-refractivity contribution in [2.24, 2.45) is 4.99 Å². The number of hydrogen-bond donors (Lipinski definition) is 1. The van der Waals surface area contributed by atoms with Crippen LogP contribution in [0.15, 0.2) is 64.4 Å². The van der Waals surface area contributed by atoms with Crippen molar-refractivity contribution in [2.45, 2.75) is 33.4 Å². The maximum atomic E-state index is 14.0. The Morgan fingerprint density at radius 3 is 2.54 bits per heavy atom. The van der Waals surface area contributed by atoms with Crippen LogP contribution in [0.3, 0.4) is 0 Å². The molecule has 0 fully saturated rings. The smallest absolute Gasteiger partial charge is 0.272 e. The standard InChI is InChI=1S/C28H25N5O2/c1-15-11-16(2)23-22(12-15)27(34)33(17(3)30-23)26-28(35)32-10-9-19-13-20(29)14-21(25(19)32)24(31-26)18-7-5-4-6-8-18/h4-8,11-14,26H,9-10,29H2,1-3H3. The molecule has 2 N–H and O–H groups in total. The molecule has 0 saturated heterocycles. The maximum absolute atomic E-state index is 14.0. The molecule has 0 spiro atoms. The lowest BCUT2D eigenvalue weighted by Crippen LogP contribution is -2.39. The second-order valence-corrected chi connectivity index (χ2v) is 9.35. The molecule has 7 nitrogen and oxygen atoms in total. The van der Waals surface area contributed by atoms with E-state index < -0.39 is 6.17 Å². The molecule has 0 radical (unpaired) electrons. The van der Waals surface area contributed by atoms with E-state index in [2.05, 4.69) is 0 Å². The van der Waals surface area contributed by atoms with E-state index >= 15 is 0 Å². The third kappa shape index (κ3) is 3.19. The summed E-state index contributed by atoms with van der Waals surface area (Å²) < 4.78 is 1.44. The SMILES string of the molecule is Cc1cc(C)c2nc(C)n(C3N=C(c4ccccc4)c4cc(N)cc5c4N(CC5)C3=O)c(=O)c2c1. The fourth-order valence-electron chi connectivity index (χ4n) is 5.41. The third-order valence-corrected chi connectivity index (χ3v) is 6.89. The molecule has 4 aromatic rings. The van der Waals surface area contributed by atoms with Gasteiger partial charge in [0.05, 0.1) is 22.3 Å². The summed E-state index contributed by atoms with van der Waals surface area (Å²) in [6.07, 6.45) is -0.370. The van der Waals surface area contributed by atoms with Gasteiger partial charge in [-0.2, -0.15) is 0 Å². The van der Waals surface area contributed by atoms with E-state index in [4.69, 9.17) is 15.7 Å². The van der Waals surface area contributed by atoms with Crippen LogP contribution in [0.1, 0.15) is 39.8 Å². The molecule has 35 heavy (non-hydrogen) atoms. The number of hydrogen-bond acceptors (Lipinski definition) is 5. The summed E-state index contributed by atoms with van der Waals surface area (Å²) >= 11 is 0. The number of nitrogens with two attached hydrogens (primary N) is 1. The number of carbonyl (C=O) groups is 1. The number of nitrogens with zero attached hydrogens (tertiary/aromatic N) is 4. The molecule has 1 unspecified atom stereocenters. The van der Waals surface area contributed by atoms with Gasteiger partial charge in [-0.05, 0) is 62.1 Å². The summed E-state index contributed by atoms with van der Waals surface area (Å²) in [5.41, 5.74) is 13.3. The summed E-state index contributed by atoms with van der Waals surface area (Å²) in [6.45, 7) is 6.18. The number of carbonyl (C=O) groups excluding carboxylic acids is 1. The van der Waals surface area contributed by atoms with Crippen molar-refractivity contribution < 1.29 is 4.79 Å². The molecule has 1 aromatic heterocycles. The quantitative estimate of drug-likeness (QED) is 0.457. The zero-order valence-electron chi connectivity index (χ0n) is 19.9. The van der Waals surface area contributed by atoms with Gasteiger partial charge in [0.15, 0.2) is 0 Å². The molecule has 1 amide bonds. The fraction of sp³-hybridized carbons (Fsp3) is 0.214. The van der Waals surface area contributed by atoms with Gasteiger partial charge in [0, 0.05) is 23.4 Å². The van der Waals surface area contributed by atoms with Gasteiger partial charge in [-0.25, -0.2) is 9.98 Å². The molecule has 3 heterocycles. The Kier molecular flexibility index (Phi) is 4.64. The summed E-state index contributed by atoms with van der Waals surface area (Å²) in [4.78, 5) is 39.3. The van der Waals surface area contributed by atoms with E-state index in [0.717, 1.165) is 33.5 Å². The number of aromatic nitrogens is 2.